The van der Waals surface area contributed by atoms with Crippen LogP contribution in [0.5, 0.6) is 5.75 Å². The second-order valence-electron chi connectivity index (χ2n) is 9.38. The van der Waals surface area contributed by atoms with E-state index in [1.165, 1.54) is 30.6 Å². The first-order valence-electron chi connectivity index (χ1n) is 11.7. The van der Waals surface area contributed by atoms with E-state index in [1.54, 1.807) is 11.0 Å². The summed E-state index contributed by atoms with van der Waals surface area (Å²) in [5.41, 5.74) is 8.03. The maximum absolute atomic E-state index is 15.7. The molecule has 0 aliphatic carbocycles. The van der Waals surface area contributed by atoms with Crippen molar-refractivity contribution in [3.8, 4) is 5.75 Å². The lowest BCUT2D eigenvalue weighted by Gasteiger charge is -2.45. The summed E-state index contributed by atoms with van der Waals surface area (Å²) in [6.07, 6.45) is 3.19. The monoisotopic (exact) mass is 505 g/mol. The highest BCUT2D eigenvalue weighted by Crippen LogP contribution is 2.41. The molecule has 3 N–H and O–H groups in total. The van der Waals surface area contributed by atoms with Gasteiger partial charge in [-0.15, -0.1) is 11.3 Å². The highest BCUT2D eigenvalue weighted by atomic mass is 32.1. The normalized spacial score (nSPS) is 21.2. The molecule has 0 atom stereocenters. The Bertz CT molecular complexity index is 1120. The Morgan fingerprint density at radius 3 is 2.66 bits per heavy atom. The Morgan fingerprint density at radius 1 is 1.26 bits per heavy atom. The molecule has 1 spiro atoms. The molecule has 2 aromatic rings. The molecule has 35 heavy (non-hydrogen) atoms. The SMILES string of the molecule is CONC1=CC2(CCN(C(=O)C3(F)CCN(Cc4csc(N)n4)CC3)CC2)Oc2ccc(F)cc21. The number of benzene rings is 1. The van der Waals surface area contributed by atoms with Crippen molar-refractivity contribution in [2.45, 2.75) is 43.5 Å². The van der Waals surface area contributed by atoms with E-state index in [0.717, 1.165) is 5.69 Å². The molecular weight excluding hydrogens is 476 g/mol. The van der Waals surface area contributed by atoms with Gasteiger partial charge in [-0.05, 0) is 24.3 Å². The number of amides is 1. The number of nitrogens with zero attached hydrogens (tertiary/aromatic N) is 3. The van der Waals surface area contributed by atoms with Gasteiger partial charge in [0.05, 0.1) is 18.5 Å². The first-order chi connectivity index (χ1) is 16.8. The lowest BCUT2D eigenvalue weighted by molar-refractivity contribution is -0.150. The fourth-order valence-corrected chi connectivity index (χ4v) is 5.66. The number of hydrogen-bond donors (Lipinski definition) is 2. The van der Waals surface area contributed by atoms with Crippen LogP contribution in [0.15, 0.2) is 29.7 Å². The summed E-state index contributed by atoms with van der Waals surface area (Å²) in [6.45, 7) is 2.34. The zero-order chi connectivity index (χ0) is 24.6. The molecule has 2 fully saturated rings. The van der Waals surface area contributed by atoms with Crippen LogP contribution < -0.4 is 16.0 Å². The number of alkyl halides is 1. The third-order valence-corrected chi connectivity index (χ3v) is 7.77. The van der Waals surface area contributed by atoms with E-state index in [2.05, 4.69) is 15.4 Å². The summed E-state index contributed by atoms with van der Waals surface area (Å²) < 4.78 is 35.8. The van der Waals surface area contributed by atoms with Gasteiger partial charge in [-0.25, -0.2) is 13.8 Å². The van der Waals surface area contributed by atoms with E-state index >= 15 is 4.39 Å². The number of nitrogens with two attached hydrogens (primary N) is 1. The summed E-state index contributed by atoms with van der Waals surface area (Å²) in [4.78, 5) is 26.3. The number of rotatable bonds is 5. The van der Waals surface area contributed by atoms with Crippen LogP contribution in [0, 0.1) is 5.82 Å². The van der Waals surface area contributed by atoms with Gasteiger partial charge in [-0.3, -0.25) is 20.0 Å². The van der Waals surface area contributed by atoms with Crippen LogP contribution in [0.25, 0.3) is 5.70 Å². The van der Waals surface area contributed by atoms with Crippen molar-refractivity contribution in [1.29, 1.82) is 0 Å². The quantitative estimate of drug-likeness (QED) is 0.604. The Morgan fingerprint density at radius 2 is 2.00 bits per heavy atom. The van der Waals surface area contributed by atoms with Crippen LogP contribution in [-0.2, 0) is 16.2 Å². The van der Waals surface area contributed by atoms with Gasteiger partial charge in [-0.1, -0.05) is 0 Å². The van der Waals surface area contributed by atoms with Crippen LogP contribution in [0.3, 0.4) is 0 Å². The molecule has 1 amide bonds. The lowest BCUT2D eigenvalue weighted by Crippen LogP contribution is -2.56. The zero-order valence-electron chi connectivity index (χ0n) is 19.6. The predicted molar refractivity (Wildman–Crippen MR) is 129 cm³/mol. The minimum Gasteiger partial charge on any atom is -0.482 e. The molecular formula is C24H29F2N5O3S. The Kier molecular flexibility index (Phi) is 6.41. The van der Waals surface area contributed by atoms with Gasteiger partial charge in [0.25, 0.3) is 5.91 Å². The number of likely N-dealkylation sites (tertiary alicyclic amines) is 2. The topological polar surface area (TPSA) is 93.0 Å². The number of nitrogen functional groups attached to an aromatic ring is 1. The van der Waals surface area contributed by atoms with Gasteiger partial charge in [0, 0.05) is 69.4 Å². The number of carbonyl (C=O) groups is 1. The molecule has 3 aliphatic rings. The lowest BCUT2D eigenvalue weighted by atomic mass is 9.85. The molecule has 1 aromatic carbocycles. The molecule has 11 heteroatoms. The third-order valence-electron chi connectivity index (χ3n) is 7.05. The van der Waals surface area contributed by atoms with Crippen molar-refractivity contribution in [1.82, 2.24) is 20.3 Å². The summed E-state index contributed by atoms with van der Waals surface area (Å²) in [5, 5.41) is 2.43. The van der Waals surface area contributed by atoms with Crippen molar-refractivity contribution in [2.75, 3.05) is 39.0 Å². The van der Waals surface area contributed by atoms with Gasteiger partial charge in [0.2, 0.25) is 0 Å². The second kappa shape index (κ2) is 9.36. The number of hydroxylamine groups is 1. The second-order valence-corrected chi connectivity index (χ2v) is 10.3. The molecule has 2 saturated heterocycles. The number of carbonyl (C=O) groups excluding carboxylic acids is 1. The van der Waals surface area contributed by atoms with Crippen LogP contribution in [0.1, 0.15) is 36.9 Å². The zero-order valence-corrected chi connectivity index (χ0v) is 20.4. The number of aromatic nitrogens is 1. The standard InChI is InChI=1S/C24H29F2N5O3S/c1-33-29-19-13-23(34-20-3-2-16(25)12-18(19)20)4-10-31(11-5-23)21(32)24(26)6-8-30(9-7-24)14-17-15-35-22(27)28-17/h2-3,12-13,15,29H,4-11,14H2,1H3,(H2,27,28). The van der Waals surface area contributed by atoms with Gasteiger partial charge in [0.15, 0.2) is 10.8 Å². The fourth-order valence-electron chi connectivity index (χ4n) is 5.11. The third kappa shape index (κ3) is 4.85. The van der Waals surface area contributed by atoms with E-state index in [0.29, 0.717) is 67.7 Å². The van der Waals surface area contributed by atoms with Gasteiger partial charge in [0.1, 0.15) is 17.2 Å². The average molecular weight is 506 g/mol. The van der Waals surface area contributed by atoms with E-state index < -0.39 is 17.2 Å². The van der Waals surface area contributed by atoms with Gasteiger partial charge < -0.3 is 15.4 Å². The first-order valence-corrected chi connectivity index (χ1v) is 12.6. The number of anilines is 1. The molecule has 0 bridgehead atoms. The van der Waals surface area contributed by atoms with Gasteiger partial charge in [-0.2, -0.15) is 0 Å². The Hall–Kier alpha value is -2.76. The largest absolute Gasteiger partial charge is 0.482 e. The van der Waals surface area contributed by atoms with Crippen LogP contribution in [0.4, 0.5) is 13.9 Å². The summed E-state index contributed by atoms with van der Waals surface area (Å²) >= 11 is 1.39. The summed E-state index contributed by atoms with van der Waals surface area (Å²) in [5.74, 6) is -0.269. The fraction of sp³-hybridized carbons (Fsp3) is 0.500. The van der Waals surface area contributed by atoms with Crippen molar-refractivity contribution in [3.05, 3.63) is 46.7 Å². The first kappa shape index (κ1) is 24.0. The molecule has 0 saturated carbocycles. The maximum atomic E-state index is 15.7. The number of halogens is 2. The highest BCUT2D eigenvalue weighted by Gasteiger charge is 2.47. The van der Waals surface area contributed by atoms with Crippen LogP contribution >= 0.6 is 11.3 Å². The molecule has 8 nitrogen and oxygen atoms in total. The molecule has 1 aromatic heterocycles. The molecule has 5 rings (SSSR count). The summed E-state index contributed by atoms with van der Waals surface area (Å²) in [7, 11) is 1.49. The molecule has 3 aliphatic heterocycles. The van der Waals surface area contributed by atoms with Gasteiger partial charge >= 0.3 is 0 Å². The van der Waals surface area contributed by atoms with Crippen LogP contribution in [0.2, 0.25) is 0 Å². The smallest absolute Gasteiger partial charge is 0.260 e. The van der Waals surface area contributed by atoms with E-state index in [-0.39, 0.29) is 18.7 Å². The van der Waals surface area contributed by atoms with Crippen molar-refractivity contribution >= 4 is 28.1 Å². The minimum atomic E-state index is -1.86. The van der Waals surface area contributed by atoms with Crippen molar-refractivity contribution < 1.29 is 23.1 Å². The predicted octanol–water partition coefficient (Wildman–Crippen LogP) is 3.11. The number of thiazole rings is 1. The molecule has 0 radical (unpaired) electrons. The Balaban J connectivity index is 1.21. The molecule has 0 unspecified atom stereocenters. The van der Waals surface area contributed by atoms with E-state index in [9.17, 15) is 9.18 Å². The summed E-state index contributed by atoms with van der Waals surface area (Å²) in [6, 6.07) is 4.34. The van der Waals surface area contributed by atoms with E-state index in [1.807, 2.05) is 11.5 Å². The molecule has 188 valence electrons. The number of piperidine rings is 2. The molecule has 4 heterocycles. The van der Waals surface area contributed by atoms with E-state index in [4.69, 9.17) is 15.3 Å². The highest BCUT2D eigenvalue weighted by molar-refractivity contribution is 7.13. The number of hydrogen-bond acceptors (Lipinski definition) is 8. The number of fused-ring (bicyclic) bond motifs is 1. The Labute approximate surface area is 206 Å². The minimum absolute atomic E-state index is 0.157. The maximum Gasteiger partial charge on any atom is 0.260 e. The number of ether oxygens (including phenoxy) is 1. The number of nitrogens with one attached hydrogen (secondary N) is 1. The average Bonchev–Trinajstić information content (AvgIpc) is 3.26. The van der Waals surface area contributed by atoms with Crippen LogP contribution in [-0.4, -0.2) is 65.2 Å². The van der Waals surface area contributed by atoms with Crippen molar-refractivity contribution in [2.24, 2.45) is 0 Å². The van der Waals surface area contributed by atoms with Crippen molar-refractivity contribution in [3.63, 3.8) is 0 Å².